The van der Waals surface area contributed by atoms with Gasteiger partial charge in [0.05, 0.1) is 5.69 Å². The van der Waals surface area contributed by atoms with E-state index >= 15 is 0 Å². The van der Waals surface area contributed by atoms with E-state index in [9.17, 15) is 4.79 Å². The molecule has 0 spiro atoms. The molecule has 0 aliphatic heterocycles. The summed E-state index contributed by atoms with van der Waals surface area (Å²) in [5, 5.41) is 3.83. The molecule has 1 heterocycles. The third kappa shape index (κ3) is 6.20. The lowest BCUT2D eigenvalue weighted by atomic mass is 9.92. The third-order valence-electron chi connectivity index (χ3n) is 4.88. The zero-order chi connectivity index (χ0) is 21.0. The molecule has 156 valence electrons. The molecule has 3 rings (SSSR count). The van der Waals surface area contributed by atoms with E-state index in [4.69, 9.17) is 9.97 Å². The Balaban J connectivity index is 1.75. The van der Waals surface area contributed by atoms with Crippen LogP contribution < -0.4 is 10.2 Å². The Hall–Kier alpha value is -2.08. The summed E-state index contributed by atoms with van der Waals surface area (Å²) < 4.78 is 0. The molecule has 1 aromatic carbocycles. The van der Waals surface area contributed by atoms with Crippen LogP contribution in [0.2, 0.25) is 0 Å². The van der Waals surface area contributed by atoms with E-state index in [-0.39, 0.29) is 11.3 Å². The quantitative estimate of drug-likeness (QED) is 0.498. The van der Waals surface area contributed by atoms with Gasteiger partial charge in [0.15, 0.2) is 5.16 Å². The fourth-order valence-electron chi connectivity index (χ4n) is 2.95. The van der Waals surface area contributed by atoms with Crippen molar-refractivity contribution in [3.8, 4) is 0 Å². The van der Waals surface area contributed by atoms with Gasteiger partial charge < -0.3 is 10.2 Å². The summed E-state index contributed by atoms with van der Waals surface area (Å²) in [5.41, 5.74) is 2.83. The zero-order valence-corrected chi connectivity index (χ0v) is 19.0. The van der Waals surface area contributed by atoms with Crippen LogP contribution in [0.5, 0.6) is 0 Å². The van der Waals surface area contributed by atoms with Gasteiger partial charge in [-0.2, -0.15) is 0 Å². The first kappa shape index (κ1) is 21.6. The fourth-order valence-corrected chi connectivity index (χ4v) is 3.75. The number of benzene rings is 1. The summed E-state index contributed by atoms with van der Waals surface area (Å²) in [6, 6.07) is 10.3. The molecule has 1 N–H and O–H groups in total. The number of thioether (sulfide) groups is 1. The number of rotatable bonds is 8. The van der Waals surface area contributed by atoms with Crippen LogP contribution in [0.25, 0.3) is 0 Å². The monoisotopic (exact) mass is 412 g/mol. The number of nitrogens with zero attached hydrogens (tertiary/aromatic N) is 3. The first-order valence-corrected chi connectivity index (χ1v) is 11.4. The molecule has 0 bridgehead atoms. The minimum Gasteiger partial charge on any atom is -0.360 e. The highest BCUT2D eigenvalue weighted by molar-refractivity contribution is 7.98. The summed E-state index contributed by atoms with van der Waals surface area (Å²) in [4.78, 5) is 24.1. The summed E-state index contributed by atoms with van der Waals surface area (Å²) >= 11 is 1.62. The molecule has 1 aliphatic carbocycles. The minimum atomic E-state index is -0.0408. The van der Waals surface area contributed by atoms with Crippen LogP contribution >= 0.6 is 11.8 Å². The Kier molecular flexibility index (Phi) is 6.83. The summed E-state index contributed by atoms with van der Waals surface area (Å²) in [6.45, 7) is 9.66. The topological polar surface area (TPSA) is 58.1 Å². The lowest BCUT2D eigenvalue weighted by molar-refractivity contribution is 0.0951. The number of nitrogens with one attached hydrogen (secondary N) is 1. The number of anilines is 1. The maximum Gasteiger partial charge on any atom is 0.251 e. The highest BCUT2D eigenvalue weighted by Gasteiger charge is 2.24. The second kappa shape index (κ2) is 9.16. The van der Waals surface area contributed by atoms with Crippen LogP contribution in [0.3, 0.4) is 0 Å². The molecule has 0 radical (unpaired) electrons. The van der Waals surface area contributed by atoms with Gasteiger partial charge in [-0.05, 0) is 37.0 Å². The van der Waals surface area contributed by atoms with E-state index < -0.39 is 0 Å². The minimum absolute atomic E-state index is 0.0220. The normalized spacial score (nSPS) is 14.0. The maximum absolute atomic E-state index is 12.3. The van der Waals surface area contributed by atoms with E-state index in [2.05, 4.69) is 57.1 Å². The molecule has 0 unspecified atom stereocenters. The fraction of sp³-hybridized carbons (Fsp3) is 0.522. The van der Waals surface area contributed by atoms with Gasteiger partial charge in [0.1, 0.15) is 5.82 Å². The molecule has 2 aromatic rings. The lowest BCUT2D eigenvalue weighted by Crippen LogP contribution is -2.25. The highest BCUT2D eigenvalue weighted by Crippen LogP contribution is 2.28. The van der Waals surface area contributed by atoms with Gasteiger partial charge in [-0.1, -0.05) is 51.6 Å². The van der Waals surface area contributed by atoms with Crippen LogP contribution in [-0.4, -0.2) is 35.5 Å². The molecule has 1 aromatic heterocycles. The SMILES string of the molecule is CCCN(C)c1cc(C(C)(C)C)nc(SCc2cccc(C(=O)NC3CC3)c2)n1. The number of hydrogen-bond acceptors (Lipinski definition) is 5. The largest absolute Gasteiger partial charge is 0.360 e. The predicted octanol–water partition coefficient (Wildman–Crippen LogP) is 4.80. The molecule has 0 atom stereocenters. The van der Waals surface area contributed by atoms with Gasteiger partial charge in [0, 0.05) is 42.4 Å². The van der Waals surface area contributed by atoms with E-state index in [1.807, 2.05) is 18.2 Å². The van der Waals surface area contributed by atoms with Crippen molar-refractivity contribution in [2.24, 2.45) is 0 Å². The molecule has 1 aliphatic rings. The molecule has 6 heteroatoms. The average molecular weight is 413 g/mol. The van der Waals surface area contributed by atoms with Gasteiger partial charge in [0.2, 0.25) is 0 Å². The zero-order valence-electron chi connectivity index (χ0n) is 18.2. The van der Waals surface area contributed by atoms with E-state index in [1.54, 1.807) is 11.8 Å². The van der Waals surface area contributed by atoms with Gasteiger partial charge in [-0.15, -0.1) is 0 Å². The van der Waals surface area contributed by atoms with Crippen molar-refractivity contribution in [3.63, 3.8) is 0 Å². The Morgan fingerprint density at radius 1 is 1.24 bits per heavy atom. The Bertz CT molecular complexity index is 858. The van der Waals surface area contributed by atoms with Gasteiger partial charge >= 0.3 is 0 Å². The second-order valence-corrected chi connectivity index (χ2v) is 9.74. The van der Waals surface area contributed by atoms with Crippen molar-refractivity contribution in [2.45, 2.75) is 69.3 Å². The van der Waals surface area contributed by atoms with Crippen LogP contribution in [0, 0.1) is 0 Å². The van der Waals surface area contributed by atoms with E-state index in [0.717, 1.165) is 59.4 Å². The molecule has 1 saturated carbocycles. The molecule has 1 fully saturated rings. The number of hydrogen-bond donors (Lipinski definition) is 1. The van der Waals surface area contributed by atoms with Crippen LogP contribution in [0.15, 0.2) is 35.5 Å². The Morgan fingerprint density at radius 3 is 2.66 bits per heavy atom. The van der Waals surface area contributed by atoms with Crippen molar-refractivity contribution in [2.75, 3.05) is 18.5 Å². The number of carbonyl (C=O) groups is 1. The van der Waals surface area contributed by atoms with Crippen LogP contribution in [0.1, 0.15) is 68.6 Å². The summed E-state index contributed by atoms with van der Waals surface area (Å²) in [5.74, 6) is 1.72. The van der Waals surface area contributed by atoms with Crippen molar-refractivity contribution < 1.29 is 4.79 Å². The van der Waals surface area contributed by atoms with Crippen molar-refractivity contribution in [1.82, 2.24) is 15.3 Å². The maximum atomic E-state index is 12.3. The average Bonchev–Trinajstić information content (AvgIpc) is 3.50. The van der Waals surface area contributed by atoms with E-state index in [0.29, 0.717) is 6.04 Å². The molecule has 1 amide bonds. The first-order valence-electron chi connectivity index (χ1n) is 10.4. The predicted molar refractivity (Wildman–Crippen MR) is 121 cm³/mol. The van der Waals surface area contributed by atoms with Gasteiger partial charge in [-0.25, -0.2) is 9.97 Å². The summed E-state index contributed by atoms with van der Waals surface area (Å²) in [7, 11) is 2.08. The Labute approximate surface area is 178 Å². The lowest BCUT2D eigenvalue weighted by Gasteiger charge is -2.23. The van der Waals surface area contributed by atoms with Crippen molar-refractivity contribution in [1.29, 1.82) is 0 Å². The molecular formula is C23H32N4OS. The van der Waals surface area contributed by atoms with Crippen LogP contribution in [-0.2, 0) is 11.2 Å². The number of aromatic nitrogens is 2. The highest BCUT2D eigenvalue weighted by atomic mass is 32.2. The third-order valence-corrected chi connectivity index (χ3v) is 5.80. The van der Waals surface area contributed by atoms with Crippen molar-refractivity contribution >= 4 is 23.5 Å². The number of amides is 1. The smallest absolute Gasteiger partial charge is 0.251 e. The van der Waals surface area contributed by atoms with Crippen molar-refractivity contribution in [3.05, 3.63) is 47.2 Å². The summed E-state index contributed by atoms with van der Waals surface area (Å²) in [6.07, 6.45) is 3.26. The van der Waals surface area contributed by atoms with Crippen LogP contribution in [0.4, 0.5) is 5.82 Å². The standard InChI is InChI=1S/C23H32N4OS/c1-6-12-27(5)20-14-19(23(2,3)4)25-22(26-20)29-15-16-8-7-9-17(13-16)21(28)24-18-10-11-18/h7-9,13-14,18H,6,10-12,15H2,1-5H3,(H,24,28). The van der Waals surface area contributed by atoms with Gasteiger partial charge in [0.25, 0.3) is 5.91 Å². The molecular weight excluding hydrogens is 380 g/mol. The Morgan fingerprint density at radius 2 is 2.00 bits per heavy atom. The van der Waals surface area contributed by atoms with Gasteiger partial charge in [-0.3, -0.25) is 4.79 Å². The molecule has 0 saturated heterocycles. The second-order valence-electron chi connectivity index (χ2n) is 8.80. The number of carbonyl (C=O) groups excluding carboxylic acids is 1. The molecule has 5 nitrogen and oxygen atoms in total. The van der Waals surface area contributed by atoms with E-state index in [1.165, 1.54) is 0 Å². The first-order chi connectivity index (χ1) is 13.8. The molecule has 29 heavy (non-hydrogen) atoms.